The van der Waals surface area contributed by atoms with Gasteiger partial charge in [0.25, 0.3) is 5.56 Å². The van der Waals surface area contributed by atoms with Gasteiger partial charge in [-0.1, -0.05) is 0 Å². The monoisotopic (exact) mass is 402 g/mol. The van der Waals surface area contributed by atoms with Crippen LogP contribution in [0.5, 0.6) is 0 Å². The molecule has 4 aromatic heterocycles. The number of fused-ring (bicyclic) bond motifs is 1. The van der Waals surface area contributed by atoms with Crippen LogP contribution in [0.15, 0.2) is 35.5 Å². The van der Waals surface area contributed by atoms with Crippen LogP contribution in [0.4, 0.5) is 5.82 Å². The van der Waals surface area contributed by atoms with E-state index < -0.39 is 0 Å². The molecule has 3 N–H and O–H groups in total. The van der Waals surface area contributed by atoms with Gasteiger partial charge in [-0.05, 0) is 49.7 Å². The van der Waals surface area contributed by atoms with Gasteiger partial charge in [0.15, 0.2) is 11.6 Å². The Morgan fingerprint density at radius 3 is 2.53 bits per heavy atom. The predicted molar refractivity (Wildman–Crippen MR) is 112 cm³/mol. The van der Waals surface area contributed by atoms with E-state index in [0.717, 1.165) is 17.0 Å². The number of aryl methyl sites for hydroxylation is 1. The van der Waals surface area contributed by atoms with E-state index in [-0.39, 0.29) is 17.4 Å². The zero-order valence-electron chi connectivity index (χ0n) is 16.6. The van der Waals surface area contributed by atoms with Crippen molar-refractivity contribution in [3.8, 4) is 22.8 Å². The number of hydrogen-bond acceptors (Lipinski definition) is 6. The van der Waals surface area contributed by atoms with E-state index in [1.165, 1.54) is 25.7 Å². The van der Waals surface area contributed by atoms with Crippen LogP contribution in [0.1, 0.15) is 31.7 Å². The van der Waals surface area contributed by atoms with E-state index in [1.807, 2.05) is 23.9 Å². The third kappa shape index (κ3) is 2.65. The first-order valence-corrected chi connectivity index (χ1v) is 10.3. The van der Waals surface area contributed by atoms with Crippen LogP contribution in [0, 0.1) is 11.8 Å². The number of hydrogen-bond donors (Lipinski definition) is 2. The first kappa shape index (κ1) is 17.4. The highest BCUT2D eigenvalue weighted by Gasteiger charge is 2.43. The second-order valence-electron chi connectivity index (χ2n) is 8.39. The minimum atomic E-state index is -0.0636. The lowest BCUT2D eigenvalue weighted by Crippen LogP contribution is -2.27. The van der Waals surface area contributed by atoms with Crippen LogP contribution in [-0.4, -0.2) is 34.5 Å². The van der Waals surface area contributed by atoms with E-state index in [9.17, 15) is 4.79 Å². The van der Waals surface area contributed by atoms with Gasteiger partial charge in [-0.15, -0.1) is 0 Å². The van der Waals surface area contributed by atoms with Crippen LogP contribution in [0.2, 0.25) is 0 Å². The molecule has 2 fully saturated rings. The van der Waals surface area contributed by atoms with E-state index in [2.05, 4.69) is 20.2 Å². The summed E-state index contributed by atoms with van der Waals surface area (Å²) >= 11 is 0. The molecule has 0 saturated heterocycles. The van der Waals surface area contributed by atoms with Crippen LogP contribution in [0.25, 0.3) is 33.7 Å². The van der Waals surface area contributed by atoms with E-state index in [4.69, 9.17) is 10.8 Å². The molecule has 152 valence electrons. The quantitative estimate of drug-likeness (QED) is 0.529. The summed E-state index contributed by atoms with van der Waals surface area (Å²) in [5.41, 5.74) is 9.00. The molecule has 0 unspecified atom stereocenters. The Morgan fingerprint density at radius 1 is 1.17 bits per heavy atom. The first-order chi connectivity index (χ1) is 14.6. The fourth-order valence-electron chi connectivity index (χ4n) is 4.53. The Morgan fingerprint density at radius 2 is 1.87 bits per heavy atom. The summed E-state index contributed by atoms with van der Waals surface area (Å²) in [6, 6.07) is 3.96. The largest absolute Gasteiger partial charge is 0.382 e. The van der Waals surface area contributed by atoms with Crippen molar-refractivity contribution < 1.29 is 0 Å². The molecular formula is C21H22N8O. The van der Waals surface area contributed by atoms with Crippen molar-refractivity contribution in [3.63, 3.8) is 0 Å². The van der Waals surface area contributed by atoms with Crippen molar-refractivity contribution >= 4 is 16.7 Å². The number of aromatic nitrogens is 7. The Balaban J connectivity index is 1.57. The average molecular weight is 402 g/mol. The third-order valence-corrected chi connectivity index (χ3v) is 6.26. The molecule has 0 atom stereocenters. The van der Waals surface area contributed by atoms with Crippen LogP contribution < -0.4 is 11.3 Å². The zero-order chi connectivity index (χ0) is 20.4. The number of nitrogens with two attached hydrogens (primary N) is 1. The average Bonchev–Trinajstić information content (AvgIpc) is 3.68. The standard InChI is InChI=1S/C21H22N8O/c1-28-15(20-23-7-2-8-24-20)9-14(27-28)13-10-29(18(11-3-4-11)12-5-6-12)21(30)16-17(13)25-26-19(16)22/h2,7-12,18H,3-6H2,1H3,(H3,22,25,26). The van der Waals surface area contributed by atoms with Gasteiger partial charge < -0.3 is 10.3 Å². The van der Waals surface area contributed by atoms with Gasteiger partial charge in [0.05, 0.1) is 11.2 Å². The van der Waals surface area contributed by atoms with Crippen LogP contribution in [-0.2, 0) is 7.05 Å². The van der Waals surface area contributed by atoms with Gasteiger partial charge in [-0.25, -0.2) is 9.97 Å². The first-order valence-electron chi connectivity index (χ1n) is 10.3. The molecule has 9 heteroatoms. The van der Waals surface area contributed by atoms with Crippen molar-refractivity contribution in [1.82, 2.24) is 34.5 Å². The normalized spacial score (nSPS) is 16.6. The molecule has 4 heterocycles. The van der Waals surface area contributed by atoms with Gasteiger partial charge in [0.2, 0.25) is 0 Å². The lowest BCUT2D eigenvalue weighted by Gasteiger charge is -2.20. The smallest absolute Gasteiger partial charge is 0.264 e. The van der Waals surface area contributed by atoms with Crippen molar-refractivity contribution in [1.29, 1.82) is 0 Å². The Kier molecular flexibility index (Phi) is 3.62. The molecule has 0 amide bonds. The SMILES string of the molecule is Cn1nc(-c2cn(C(C3CC3)C3CC3)c(=O)c3c(N)n[nH]c23)cc1-c1ncccn1. The second-order valence-corrected chi connectivity index (χ2v) is 8.39. The summed E-state index contributed by atoms with van der Waals surface area (Å²) in [7, 11) is 1.86. The highest BCUT2D eigenvalue weighted by atomic mass is 16.1. The summed E-state index contributed by atoms with van der Waals surface area (Å²) in [6.45, 7) is 0. The molecule has 9 nitrogen and oxygen atoms in total. The molecule has 2 aliphatic carbocycles. The molecule has 30 heavy (non-hydrogen) atoms. The maximum Gasteiger partial charge on any atom is 0.264 e. The maximum atomic E-state index is 13.4. The number of pyridine rings is 1. The highest BCUT2D eigenvalue weighted by Crippen LogP contribution is 2.52. The summed E-state index contributed by atoms with van der Waals surface area (Å²) in [5, 5.41) is 12.2. The topological polar surface area (TPSA) is 120 Å². The van der Waals surface area contributed by atoms with Crippen molar-refractivity contribution in [2.24, 2.45) is 18.9 Å². The van der Waals surface area contributed by atoms with Crippen LogP contribution in [0.3, 0.4) is 0 Å². The fraction of sp³-hybridized carbons (Fsp3) is 0.381. The maximum absolute atomic E-state index is 13.4. The summed E-state index contributed by atoms with van der Waals surface area (Å²) in [6.07, 6.45) is 10.1. The lowest BCUT2D eigenvalue weighted by atomic mass is 10.0. The third-order valence-electron chi connectivity index (χ3n) is 6.26. The summed E-state index contributed by atoms with van der Waals surface area (Å²) in [5.74, 6) is 1.98. The van der Waals surface area contributed by atoms with Crippen LogP contribution >= 0.6 is 0 Å². The van der Waals surface area contributed by atoms with Gasteiger partial charge in [-0.3, -0.25) is 14.6 Å². The molecule has 2 saturated carbocycles. The summed E-state index contributed by atoms with van der Waals surface area (Å²) < 4.78 is 3.66. The highest BCUT2D eigenvalue weighted by molar-refractivity contribution is 5.97. The van der Waals surface area contributed by atoms with E-state index in [1.54, 1.807) is 23.1 Å². The molecule has 2 aliphatic rings. The van der Waals surface area contributed by atoms with Crippen molar-refractivity contribution in [2.75, 3.05) is 5.73 Å². The number of aromatic amines is 1. The molecular weight excluding hydrogens is 380 g/mol. The molecule has 0 spiro atoms. The zero-order valence-corrected chi connectivity index (χ0v) is 16.6. The number of nitrogen functional groups attached to an aromatic ring is 1. The number of rotatable bonds is 5. The van der Waals surface area contributed by atoms with E-state index in [0.29, 0.717) is 28.6 Å². The number of nitrogens with one attached hydrogen (secondary N) is 1. The lowest BCUT2D eigenvalue weighted by molar-refractivity contribution is 0.386. The Bertz CT molecular complexity index is 1300. The summed E-state index contributed by atoms with van der Waals surface area (Å²) in [4.78, 5) is 22.0. The Hall–Kier alpha value is -3.49. The predicted octanol–water partition coefficient (Wildman–Crippen LogP) is 2.53. The second kappa shape index (κ2) is 6.25. The molecule has 6 rings (SSSR count). The number of anilines is 1. The van der Waals surface area contributed by atoms with Crippen molar-refractivity contribution in [2.45, 2.75) is 31.7 Å². The van der Waals surface area contributed by atoms with Gasteiger partial charge in [-0.2, -0.15) is 10.2 Å². The van der Waals surface area contributed by atoms with Gasteiger partial charge in [0, 0.05) is 37.2 Å². The molecule has 0 radical (unpaired) electrons. The molecule has 4 aromatic rings. The van der Waals surface area contributed by atoms with Gasteiger partial charge in [0.1, 0.15) is 11.1 Å². The Labute approximate surface area is 172 Å². The number of nitrogens with zero attached hydrogens (tertiary/aromatic N) is 6. The van der Waals surface area contributed by atoms with Crippen molar-refractivity contribution in [3.05, 3.63) is 41.1 Å². The molecule has 0 aliphatic heterocycles. The minimum Gasteiger partial charge on any atom is -0.382 e. The van der Waals surface area contributed by atoms with E-state index >= 15 is 0 Å². The molecule has 0 aromatic carbocycles. The number of H-pyrrole nitrogens is 1. The molecule has 0 bridgehead atoms. The fourth-order valence-corrected chi connectivity index (χ4v) is 4.53. The minimum absolute atomic E-state index is 0.0636. The van der Waals surface area contributed by atoms with Gasteiger partial charge >= 0.3 is 0 Å².